The van der Waals surface area contributed by atoms with Gasteiger partial charge in [0.1, 0.15) is 17.5 Å². The summed E-state index contributed by atoms with van der Waals surface area (Å²) in [4.78, 5) is 9.26. The van der Waals surface area contributed by atoms with Crippen molar-refractivity contribution >= 4 is 23.4 Å². The van der Waals surface area contributed by atoms with E-state index in [4.69, 9.17) is 0 Å². The van der Waals surface area contributed by atoms with Crippen molar-refractivity contribution in [3.63, 3.8) is 0 Å². The summed E-state index contributed by atoms with van der Waals surface area (Å²) in [5, 5.41) is 6.90. The fourth-order valence-electron chi connectivity index (χ4n) is 2.36. The van der Waals surface area contributed by atoms with Crippen LogP contribution in [-0.2, 0) is 0 Å². The molecule has 5 heteroatoms. The van der Waals surface area contributed by atoms with E-state index < -0.39 is 0 Å². The summed E-state index contributed by atoms with van der Waals surface area (Å²) in [7, 11) is 0. The second-order valence-electron chi connectivity index (χ2n) is 6.01. The minimum absolute atomic E-state index is 0.347. The van der Waals surface area contributed by atoms with Crippen LogP contribution < -0.4 is 10.6 Å². The number of aromatic nitrogens is 2. The maximum Gasteiger partial charge on any atom is 0.135 e. The van der Waals surface area contributed by atoms with Gasteiger partial charge in [-0.1, -0.05) is 20.8 Å². The van der Waals surface area contributed by atoms with Gasteiger partial charge in [-0.05, 0) is 36.7 Å². The van der Waals surface area contributed by atoms with Crippen molar-refractivity contribution in [2.45, 2.75) is 46.0 Å². The van der Waals surface area contributed by atoms with E-state index in [2.05, 4.69) is 53.1 Å². The third-order valence-electron chi connectivity index (χ3n) is 3.73. The smallest absolute Gasteiger partial charge is 0.135 e. The summed E-state index contributed by atoms with van der Waals surface area (Å²) >= 11 is 2.07. The van der Waals surface area contributed by atoms with Crippen molar-refractivity contribution in [1.29, 1.82) is 0 Å². The average molecular weight is 308 g/mol. The Balaban J connectivity index is 2.00. The Morgan fingerprint density at radius 2 is 1.86 bits per heavy atom. The van der Waals surface area contributed by atoms with Crippen molar-refractivity contribution in [3.05, 3.63) is 11.9 Å². The first-order valence-electron chi connectivity index (χ1n) is 8.13. The van der Waals surface area contributed by atoms with Crippen LogP contribution in [0.25, 0.3) is 0 Å². The van der Waals surface area contributed by atoms with Crippen LogP contribution in [0, 0.1) is 5.92 Å². The Kier molecular flexibility index (Phi) is 6.61. The number of anilines is 2. The summed E-state index contributed by atoms with van der Waals surface area (Å²) in [6, 6.07) is 2.04. The van der Waals surface area contributed by atoms with Gasteiger partial charge >= 0.3 is 0 Å². The SMILES string of the molecule is CCCNc1cc(NCC2CCSCC2)nc(C(C)C)n1. The molecule has 0 spiro atoms. The van der Waals surface area contributed by atoms with Gasteiger partial charge in [0.05, 0.1) is 0 Å². The molecule has 1 aliphatic heterocycles. The van der Waals surface area contributed by atoms with E-state index in [9.17, 15) is 0 Å². The fraction of sp³-hybridized carbons (Fsp3) is 0.750. The van der Waals surface area contributed by atoms with Crippen LogP contribution in [0.2, 0.25) is 0 Å². The zero-order valence-electron chi connectivity index (χ0n) is 13.5. The molecule has 0 bridgehead atoms. The molecule has 1 fully saturated rings. The number of nitrogens with one attached hydrogen (secondary N) is 2. The first kappa shape index (κ1) is 16.4. The van der Waals surface area contributed by atoms with Gasteiger partial charge in [0.15, 0.2) is 0 Å². The number of hydrogen-bond donors (Lipinski definition) is 2. The molecule has 0 amide bonds. The Labute approximate surface area is 132 Å². The molecule has 118 valence electrons. The van der Waals surface area contributed by atoms with E-state index in [0.29, 0.717) is 5.92 Å². The van der Waals surface area contributed by atoms with E-state index in [1.807, 2.05) is 6.07 Å². The van der Waals surface area contributed by atoms with E-state index in [-0.39, 0.29) is 0 Å². The van der Waals surface area contributed by atoms with Crippen molar-refractivity contribution in [3.8, 4) is 0 Å². The molecule has 1 aliphatic rings. The standard InChI is InChI=1S/C16H28N4S/c1-4-7-17-14-10-15(20-16(19-14)12(2)3)18-11-13-5-8-21-9-6-13/h10,12-13H,4-9,11H2,1-3H3,(H2,17,18,19,20). The van der Waals surface area contributed by atoms with Gasteiger partial charge in [0.25, 0.3) is 0 Å². The zero-order chi connectivity index (χ0) is 15.1. The molecule has 21 heavy (non-hydrogen) atoms. The molecule has 1 aromatic rings. The molecule has 1 saturated heterocycles. The number of rotatable bonds is 7. The summed E-state index contributed by atoms with van der Waals surface area (Å²) in [5.41, 5.74) is 0. The highest BCUT2D eigenvalue weighted by Gasteiger charge is 2.14. The molecular formula is C16H28N4S. The van der Waals surface area contributed by atoms with Crippen LogP contribution >= 0.6 is 11.8 Å². The lowest BCUT2D eigenvalue weighted by molar-refractivity contribution is 0.515. The largest absolute Gasteiger partial charge is 0.370 e. The van der Waals surface area contributed by atoms with Crippen molar-refractivity contribution < 1.29 is 0 Å². The summed E-state index contributed by atoms with van der Waals surface area (Å²) in [6.45, 7) is 8.43. The normalized spacial score (nSPS) is 16.2. The molecule has 1 aromatic heterocycles. The Morgan fingerprint density at radius 3 is 2.48 bits per heavy atom. The van der Waals surface area contributed by atoms with Crippen LogP contribution in [0.15, 0.2) is 6.07 Å². The number of thioether (sulfide) groups is 1. The molecule has 4 nitrogen and oxygen atoms in total. The molecule has 0 radical (unpaired) electrons. The predicted molar refractivity (Wildman–Crippen MR) is 93.4 cm³/mol. The predicted octanol–water partition coefficient (Wildman–Crippen LogP) is 3.98. The maximum atomic E-state index is 4.66. The third kappa shape index (κ3) is 5.38. The lowest BCUT2D eigenvalue weighted by atomic mass is 10.0. The number of hydrogen-bond acceptors (Lipinski definition) is 5. The Hall–Kier alpha value is -0.970. The minimum atomic E-state index is 0.347. The molecule has 0 saturated carbocycles. The van der Waals surface area contributed by atoms with E-state index in [1.165, 1.54) is 24.3 Å². The van der Waals surface area contributed by atoms with Gasteiger partial charge in [-0.25, -0.2) is 9.97 Å². The summed E-state index contributed by atoms with van der Waals surface area (Å²) in [6.07, 6.45) is 3.74. The van der Waals surface area contributed by atoms with Gasteiger partial charge in [-0.15, -0.1) is 0 Å². The highest BCUT2D eigenvalue weighted by Crippen LogP contribution is 2.23. The Bertz CT molecular complexity index is 430. The van der Waals surface area contributed by atoms with Gasteiger partial charge in [-0.2, -0.15) is 11.8 Å². The van der Waals surface area contributed by atoms with Gasteiger partial charge in [0.2, 0.25) is 0 Å². The molecule has 0 aromatic carbocycles. The highest BCUT2D eigenvalue weighted by molar-refractivity contribution is 7.99. The second-order valence-corrected chi connectivity index (χ2v) is 7.24. The molecule has 0 unspecified atom stereocenters. The number of nitrogens with zero attached hydrogens (tertiary/aromatic N) is 2. The van der Waals surface area contributed by atoms with Gasteiger partial charge < -0.3 is 10.6 Å². The highest BCUT2D eigenvalue weighted by atomic mass is 32.2. The molecule has 0 atom stereocenters. The molecule has 2 rings (SSSR count). The average Bonchev–Trinajstić information content (AvgIpc) is 2.51. The zero-order valence-corrected chi connectivity index (χ0v) is 14.3. The Morgan fingerprint density at radius 1 is 1.19 bits per heavy atom. The molecule has 0 aliphatic carbocycles. The van der Waals surface area contributed by atoms with E-state index in [0.717, 1.165) is 42.9 Å². The fourth-order valence-corrected chi connectivity index (χ4v) is 3.56. The van der Waals surface area contributed by atoms with E-state index >= 15 is 0 Å². The van der Waals surface area contributed by atoms with Crippen molar-refractivity contribution in [2.24, 2.45) is 5.92 Å². The van der Waals surface area contributed by atoms with Gasteiger partial charge in [-0.3, -0.25) is 0 Å². The summed E-state index contributed by atoms with van der Waals surface area (Å²) < 4.78 is 0. The minimum Gasteiger partial charge on any atom is -0.370 e. The quantitative estimate of drug-likeness (QED) is 0.798. The first-order chi connectivity index (χ1) is 10.2. The van der Waals surface area contributed by atoms with Crippen molar-refractivity contribution in [1.82, 2.24) is 9.97 Å². The summed E-state index contributed by atoms with van der Waals surface area (Å²) in [5.74, 6) is 6.56. The third-order valence-corrected chi connectivity index (χ3v) is 4.78. The van der Waals surface area contributed by atoms with Crippen LogP contribution in [0.4, 0.5) is 11.6 Å². The van der Waals surface area contributed by atoms with Gasteiger partial charge in [0, 0.05) is 25.1 Å². The molecule has 2 heterocycles. The monoisotopic (exact) mass is 308 g/mol. The van der Waals surface area contributed by atoms with Crippen LogP contribution in [-0.4, -0.2) is 34.6 Å². The van der Waals surface area contributed by atoms with Crippen molar-refractivity contribution in [2.75, 3.05) is 35.2 Å². The van der Waals surface area contributed by atoms with Crippen LogP contribution in [0.5, 0.6) is 0 Å². The van der Waals surface area contributed by atoms with Crippen LogP contribution in [0.3, 0.4) is 0 Å². The second kappa shape index (κ2) is 8.47. The lowest BCUT2D eigenvalue weighted by Gasteiger charge is -2.22. The molecular weight excluding hydrogens is 280 g/mol. The van der Waals surface area contributed by atoms with Crippen LogP contribution in [0.1, 0.15) is 51.8 Å². The maximum absolute atomic E-state index is 4.66. The first-order valence-corrected chi connectivity index (χ1v) is 9.29. The topological polar surface area (TPSA) is 49.8 Å². The lowest BCUT2D eigenvalue weighted by Crippen LogP contribution is -2.20. The molecule has 2 N–H and O–H groups in total. The van der Waals surface area contributed by atoms with E-state index in [1.54, 1.807) is 0 Å².